The molecule has 1 atom stereocenters. The van der Waals surface area contributed by atoms with E-state index in [9.17, 15) is 4.79 Å². The summed E-state index contributed by atoms with van der Waals surface area (Å²) in [5.74, 6) is 3.94. The highest BCUT2D eigenvalue weighted by atomic mass is 35.5. The molecule has 4 aliphatic carbocycles. The molecule has 1 aromatic heterocycles. The number of hydrogen-bond donors (Lipinski definition) is 2. The number of hydrogen-bond acceptors (Lipinski definition) is 3. The molecule has 0 aliphatic heterocycles. The van der Waals surface area contributed by atoms with Crippen molar-refractivity contribution >= 4 is 39.9 Å². The van der Waals surface area contributed by atoms with E-state index in [-0.39, 0.29) is 11.3 Å². The Morgan fingerprint density at radius 2 is 1.69 bits per heavy atom. The first-order valence-electron chi connectivity index (χ1n) is 13.1. The topological polar surface area (TPSA) is 54.0 Å². The number of anilines is 2. The average molecular weight is 488 g/mol. The van der Waals surface area contributed by atoms with E-state index in [2.05, 4.69) is 35.8 Å². The molecule has 0 radical (unpaired) electrons. The van der Waals surface area contributed by atoms with Crippen LogP contribution in [0.5, 0.6) is 0 Å². The van der Waals surface area contributed by atoms with Gasteiger partial charge in [0.15, 0.2) is 0 Å². The number of halogens is 1. The number of carbonyl (C=O) groups excluding carboxylic acids is 1. The third-order valence-electron chi connectivity index (χ3n) is 8.73. The van der Waals surface area contributed by atoms with Crippen molar-refractivity contribution in [2.75, 3.05) is 17.2 Å². The maximum Gasteiger partial charge on any atom is 0.224 e. The van der Waals surface area contributed by atoms with Crippen LogP contribution in [0.25, 0.3) is 10.9 Å². The van der Waals surface area contributed by atoms with E-state index in [0.717, 1.165) is 51.7 Å². The lowest BCUT2D eigenvalue weighted by Crippen LogP contribution is -2.47. The first-order valence-corrected chi connectivity index (χ1v) is 13.5. The summed E-state index contributed by atoms with van der Waals surface area (Å²) in [5.41, 5.74) is 3.25. The van der Waals surface area contributed by atoms with Crippen LogP contribution in [0.15, 0.2) is 54.6 Å². The van der Waals surface area contributed by atoms with Gasteiger partial charge in [-0.05, 0) is 110 Å². The van der Waals surface area contributed by atoms with E-state index in [4.69, 9.17) is 16.6 Å². The molecule has 1 amide bonds. The maximum atomic E-state index is 13.2. The standard InChI is InChI=1S/C30H34ClN3O/c1-19(23-5-7-24(31)8-6-23)18-32-28-10-9-25-26(33-28)3-2-4-27(25)34-29(35)17-30-14-20-11-21(15-30)13-22(12-20)16-30/h2-10,19-22H,11-18H2,1H3,(H,32,33)(H,34,35). The first kappa shape index (κ1) is 22.8. The minimum absolute atomic E-state index is 0.165. The number of aromatic nitrogens is 1. The van der Waals surface area contributed by atoms with Crippen molar-refractivity contribution < 1.29 is 4.79 Å². The summed E-state index contributed by atoms with van der Waals surface area (Å²) in [6.07, 6.45) is 8.66. The van der Waals surface area contributed by atoms with Gasteiger partial charge in [0.25, 0.3) is 0 Å². The Labute approximate surface area is 212 Å². The SMILES string of the molecule is CC(CNc1ccc2c(NC(=O)CC34CC5CC(CC(C5)C3)C4)cccc2n1)c1ccc(Cl)cc1. The zero-order valence-corrected chi connectivity index (χ0v) is 21.2. The highest BCUT2D eigenvalue weighted by Gasteiger charge is 2.51. The van der Waals surface area contributed by atoms with Gasteiger partial charge in [0, 0.05) is 23.4 Å². The number of rotatable bonds is 7. The summed E-state index contributed by atoms with van der Waals surface area (Å²) in [7, 11) is 0. The van der Waals surface area contributed by atoms with Crippen LogP contribution in [0.4, 0.5) is 11.5 Å². The normalized spacial score (nSPS) is 27.7. The Kier molecular flexibility index (Phi) is 5.96. The molecule has 2 aromatic carbocycles. The molecule has 1 unspecified atom stereocenters. The predicted octanol–water partition coefficient (Wildman–Crippen LogP) is 7.65. The fraction of sp³-hybridized carbons (Fsp3) is 0.467. The second kappa shape index (κ2) is 9.13. The summed E-state index contributed by atoms with van der Waals surface area (Å²) in [5, 5.41) is 8.45. The molecule has 3 aromatic rings. The Morgan fingerprint density at radius 1 is 1.00 bits per heavy atom. The zero-order valence-electron chi connectivity index (χ0n) is 20.4. The van der Waals surface area contributed by atoms with Crippen LogP contribution in [0, 0.1) is 23.2 Å². The molecular formula is C30H34ClN3O. The quantitative estimate of drug-likeness (QED) is 0.360. The second-order valence-corrected chi connectivity index (χ2v) is 12.0. The summed E-state index contributed by atoms with van der Waals surface area (Å²) < 4.78 is 0. The largest absolute Gasteiger partial charge is 0.369 e. The van der Waals surface area contributed by atoms with Crippen LogP contribution in [-0.4, -0.2) is 17.4 Å². The molecule has 182 valence electrons. The van der Waals surface area contributed by atoms with Gasteiger partial charge in [-0.3, -0.25) is 4.79 Å². The van der Waals surface area contributed by atoms with Crippen LogP contribution >= 0.6 is 11.6 Å². The van der Waals surface area contributed by atoms with Crippen LogP contribution < -0.4 is 10.6 Å². The van der Waals surface area contributed by atoms with E-state index < -0.39 is 0 Å². The number of pyridine rings is 1. The molecule has 0 spiro atoms. The molecule has 0 saturated heterocycles. The number of carbonyl (C=O) groups is 1. The van der Waals surface area contributed by atoms with Gasteiger partial charge < -0.3 is 10.6 Å². The minimum Gasteiger partial charge on any atom is -0.369 e. The van der Waals surface area contributed by atoms with Crippen LogP contribution in [0.2, 0.25) is 5.02 Å². The van der Waals surface area contributed by atoms with Crippen molar-refractivity contribution in [1.29, 1.82) is 0 Å². The molecule has 2 N–H and O–H groups in total. The lowest BCUT2D eigenvalue weighted by Gasteiger charge is -2.56. The van der Waals surface area contributed by atoms with Gasteiger partial charge in [-0.25, -0.2) is 4.98 Å². The molecule has 1 heterocycles. The Morgan fingerprint density at radius 3 is 2.37 bits per heavy atom. The Bertz CT molecular complexity index is 1200. The third kappa shape index (κ3) is 4.78. The van der Waals surface area contributed by atoms with Gasteiger partial charge in [0.1, 0.15) is 5.82 Å². The lowest BCUT2D eigenvalue weighted by atomic mass is 9.49. The molecule has 4 saturated carbocycles. The lowest BCUT2D eigenvalue weighted by molar-refractivity contribution is -0.124. The number of nitrogens with one attached hydrogen (secondary N) is 2. The third-order valence-corrected chi connectivity index (χ3v) is 8.99. The molecule has 4 aliphatic rings. The average Bonchev–Trinajstić information content (AvgIpc) is 2.82. The van der Waals surface area contributed by atoms with E-state index in [1.807, 2.05) is 36.4 Å². The van der Waals surface area contributed by atoms with Gasteiger partial charge in [-0.1, -0.05) is 36.7 Å². The van der Waals surface area contributed by atoms with Crippen molar-refractivity contribution in [3.05, 3.63) is 65.2 Å². The van der Waals surface area contributed by atoms with Gasteiger partial charge in [-0.15, -0.1) is 0 Å². The predicted molar refractivity (Wildman–Crippen MR) is 144 cm³/mol. The van der Waals surface area contributed by atoms with E-state index in [1.165, 1.54) is 44.1 Å². The summed E-state index contributed by atoms with van der Waals surface area (Å²) in [6, 6.07) is 18.1. The Hall–Kier alpha value is -2.59. The Balaban J connectivity index is 1.12. The monoisotopic (exact) mass is 487 g/mol. The van der Waals surface area contributed by atoms with Gasteiger partial charge in [0.05, 0.1) is 11.2 Å². The maximum absolute atomic E-state index is 13.2. The van der Waals surface area contributed by atoms with Crippen molar-refractivity contribution in [3.63, 3.8) is 0 Å². The number of benzene rings is 2. The fourth-order valence-corrected chi connectivity index (χ4v) is 7.70. The molecule has 35 heavy (non-hydrogen) atoms. The van der Waals surface area contributed by atoms with E-state index in [0.29, 0.717) is 12.3 Å². The molecule has 4 nitrogen and oxygen atoms in total. The number of nitrogens with zero attached hydrogens (tertiary/aromatic N) is 1. The summed E-state index contributed by atoms with van der Waals surface area (Å²) in [4.78, 5) is 18.0. The molecule has 7 rings (SSSR count). The molecular weight excluding hydrogens is 454 g/mol. The number of fused-ring (bicyclic) bond motifs is 1. The van der Waals surface area contributed by atoms with Crippen LogP contribution in [-0.2, 0) is 4.79 Å². The molecule has 4 fully saturated rings. The van der Waals surface area contributed by atoms with Crippen LogP contribution in [0.3, 0.4) is 0 Å². The first-order chi connectivity index (χ1) is 16.9. The van der Waals surface area contributed by atoms with Gasteiger partial charge in [0.2, 0.25) is 5.91 Å². The minimum atomic E-state index is 0.165. The highest BCUT2D eigenvalue weighted by Crippen LogP contribution is 2.61. The van der Waals surface area contributed by atoms with Crippen molar-refractivity contribution in [2.45, 2.75) is 57.8 Å². The van der Waals surface area contributed by atoms with E-state index in [1.54, 1.807) is 0 Å². The van der Waals surface area contributed by atoms with Crippen molar-refractivity contribution in [3.8, 4) is 0 Å². The fourth-order valence-electron chi connectivity index (χ4n) is 7.57. The van der Waals surface area contributed by atoms with Gasteiger partial charge in [-0.2, -0.15) is 0 Å². The zero-order chi connectivity index (χ0) is 24.0. The van der Waals surface area contributed by atoms with Crippen LogP contribution in [0.1, 0.15) is 63.4 Å². The number of amides is 1. The second-order valence-electron chi connectivity index (χ2n) is 11.5. The van der Waals surface area contributed by atoms with E-state index >= 15 is 0 Å². The molecule has 4 bridgehead atoms. The summed E-state index contributed by atoms with van der Waals surface area (Å²) >= 11 is 6.02. The summed E-state index contributed by atoms with van der Waals surface area (Å²) in [6.45, 7) is 2.97. The van der Waals surface area contributed by atoms with Crippen molar-refractivity contribution in [2.24, 2.45) is 23.2 Å². The van der Waals surface area contributed by atoms with Crippen molar-refractivity contribution in [1.82, 2.24) is 4.98 Å². The molecule has 5 heteroatoms. The smallest absolute Gasteiger partial charge is 0.224 e. The highest BCUT2D eigenvalue weighted by molar-refractivity contribution is 6.30. The van der Waals surface area contributed by atoms with Gasteiger partial charge >= 0.3 is 0 Å².